The predicted octanol–water partition coefficient (Wildman–Crippen LogP) is 8.31. The van der Waals surface area contributed by atoms with Crippen molar-refractivity contribution in [1.82, 2.24) is 9.88 Å². The topological polar surface area (TPSA) is 26.2 Å². The van der Waals surface area contributed by atoms with Gasteiger partial charge in [0.05, 0.1) is 12.0 Å². The summed E-state index contributed by atoms with van der Waals surface area (Å²) in [4.78, 5) is 0. The van der Waals surface area contributed by atoms with E-state index in [-0.39, 0.29) is 0 Å². The van der Waals surface area contributed by atoms with Gasteiger partial charge in [-0.3, -0.25) is 0 Å². The van der Waals surface area contributed by atoms with Gasteiger partial charge in [-0.15, -0.1) is 11.8 Å². The number of benzene rings is 5. The third kappa shape index (κ3) is 5.49. The van der Waals surface area contributed by atoms with Crippen molar-refractivity contribution in [1.29, 1.82) is 0 Å². The lowest BCUT2D eigenvalue weighted by Gasteiger charge is -2.36. The van der Waals surface area contributed by atoms with Crippen LogP contribution in [0.15, 0.2) is 146 Å². The molecule has 1 atom stereocenters. The third-order valence-corrected chi connectivity index (χ3v) is 9.77. The summed E-state index contributed by atoms with van der Waals surface area (Å²) in [6.45, 7) is 2.44. The second-order valence-electron chi connectivity index (χ2n) is 11.2. The molecule has 6 aromatic rings. The lowest BCUT2D eigenvalue weighted by molar-refractivity contribution is 0.300. The first-order valence-electron chi connectivity index (χ1n) is 15.1. The maximum atomic E-state index is 6.29. The van der Waals surface area contributed by atoms with E-state index in [0.717, 1.165) is 31.1 Å². The van der Waals surface area contributed by atoms with Gasteiger partial charge in [0.1, 0.15) is 12.4 Å². The Morgan fingerprint density at radius 3 is 1.86 bits per heavy atom. The van der Waals surface area contributed by atoms with Crippen LogP contribution in [0.3, 0.4) is 0 Å². The van der Waals surface area contributed by atoms with Crippen molar-refractivity contribution in [3.8, 4) is 5.75 Å². The van der Waals surface area contributed by atoms with Crippen LogP contribution in [0.4, 0.5) is 0 Å². The largest absolute Gasteiger partial charge is 0.492 e. The molecule has 5 aromatic carbocycles. The fourth-order valence-electron chi connectivity index (χ4n) is 6.59. The predicted molar refractivity (Wildman–Crippen MR) is 180 cm³/mol. The molecule has 0 saturated carbocycles. The van der Waals surface area contributed by atoms with Crippen molar-refractivity contribution in [2.45, 2.75) is 23.6 Å². The molecular formula is C39H36N2OS. The summed E-state index contributed by atoms with van der Waals surface area (Å²) in [5.74, 6) is 1.98. The second kappa shape index (κ2) is 12.5. The van der Waals surface area contributed by atoms with Crippen LogP contribution in [0.25, 0.3) is 10.9 Å². The number of ether oxygens (including phenoxy) is 1. The molecule has 0 bridgehead atoms. The molecule has 1 unspecified atom stereocenters. The molecule has 1 saturated heterocycles. The SMILES string of the molecule is c1ccc(C(c2ccccc2)(c2ccccc2)c2cn(CCOc3ccc(CC4CNCS4)cc3)c3ccccc23)cc1. The fraction of sp³-hybridized carbons (Fsp3) is 0.179. The highest BCUT2D eigenvalue weighted by atomic mass is 32.2. The number of hydrogen-bond acceptors (Lipinski definition) is 3. The van der Waals surface area contributed by atoms with Crippen LogP contribution in [0.2, 0.25) is 0 Å². The first-order valence-corrected chi connectivity index (χ1v) is 16.2. The molecule has 4 heteroatoms. The van der Waals surface area contributed by atoms with Crippen LogP contribution in [-0.2, 0) is 18.4 Å². The van der Waals surface area contributed by atoms with Crippen LogP contribution in [0.1, 0.15) is 27.8 Å². The molecule has 0 amide bonds. The molecule has 1 aliphatic heterocycles. The molecule has 43 heavy (non-hydrogen) atoms. The van der Waals surface area contributed by atoms with E-state index in [0.29, 0.717) is 11.9 Å². The summed E-state index contributed by atoms with van der Waals surface area (Å²) in [5, 5.41) is 5.35. The van der Waals surface area contributed by atoms with E-state index in [1.165, 1.54) is 38.7 Å². The number of rotatable bonds is 10. The van der Waals surface area contributed by atoms with E-state index >= 15 is 0 Å². The van der Waals surface area contributed by atoms with Crippen LogP contribution in [-0.4, -0.2) is 28.8 Å². The molecule has 0 spiro atoms. The zero-order valence-corrected chi connectivity index (χ0v) is 25.0. The first kappa shape index (κ1) is 27.6. The van der Waals surface area contributed by atoms with Crippen LogP contribution in [0.5, 0.6) is 5.75 Å². The quantitative estimate of drug-likeness (QED) is 0.165. The minimum atomic E-state index is -0.488. The molecule has 214 valence electrons. The number of nitrogens with one attached hydrogen (secondary N) is 1. The highest BCUT2D eigenvalue weighted by molar-refractivity contribution is 8.00. The van der Waals surface area contributed by atoms with Crippen molar-refractivity contribution >= 4 is 22.7 Å². The van der Waals surface area contributed by atoms with E-state index in [1.807, 2.05) is 11.8 Å². The Bertz CT molecular complexity index is 1660. The maximum absolute atomic E-state index is 6.29. The number of aromatic nitrogens is 1. The normalized spacial score (nSPS) is 15.1. The van der Waals surface area contributed by atoms with Crippen molar-refractivity contribution < 1.29 is 4.74 Å². The van der Waals surface area contributed by atoms with E-state index in [1.54, 1.807) is 0 Å². The Labute approximate surface area is 258 Å². The number of thioether (sulfide) groups is 1. The van der Waals surface area contributed by atoms with Gasteiger partial charge in [-0.1, -0.05) is 121 Å². The molecule has 0 aliphatic carbocycles. The Morgan fingerprint density at radius 1 is 0.698 bits per heavy atom. The Kier molecular flexibility index (Phi) is 8.04. The number of fused-ring (bicyclic) bond motifs is 1. The summed E-state index contributed by atoms with van der Waals surface area (Å²) in [6, 6.07) is 50.2. The van der Waals surface area contributed by atoms with Crippen molar-refractivity contribution in [3.63, 3.8) is 0 Å². The monoisotopic (exact) mass is 580 g/mol. The zero-order chi connectivity index (χ0) is 28.9. The average molecular weight is 581 g/mol. The summed E-state index contributed by atoms with van der Waals surface area (Å²) in [7, 11) is 0. The van der Waals surface area contributed by atoms with Gasteiger partial charge >= 0.3 is 0 Å². The van der Waals surface area contributed by atoms with E-state index in [4.69, 9.17) is 4.74 Å². The second-order valence-corrected chi connectivity index (χ2v) is 12.5. The molecule has 0 radical (unpaired) electrons. The standard InChI is InChI=1S/C39H36N2OS/c1-4-12-31(13-5-1)39(32-14-6-2-7-15-32,33-16-8-3-9-17-33)37-28-41(38-19-11-10-18-36(37)38)24-25-42-34-22-20-30(21-23-34)26-35-27-40-29-43-35/h1-23,28,35,40H,24-27,29H2. The molecular weight excluding hydrogens is 545 g/mol. The molecule has 2 heterocycles. The van der Waals surface area contributed by atoms with Crippen molar-refractivity contribution in [2.75, 3.05) is 19.0 Å². The third-order valence-electron chi connectivity index (χ3n) is 8.59. The van der Waals surface area contributed by atoms with Crippen LogP contribution in [0, 0.1) is 0 Å². The zero-order valence-electron chi connectivity index (χ0n) is 24.2. The number of nitrogens with zero attached hydrogens (tertiary/aromatic N) is 1. The molecule has 1 aromatic heterocycles. The van der Waals surface area contributed by atoms with E-state index < -0.39 is 5.41 Å². The molecule has 1 aliphatic rings. The number of hydrogen-bond donors (Lipinski definition) is 1. The van der Waals surface area contributed by atoms with Crippen molar-refractivity contribution in [2.24, 2.45) is 0 Å². The summed E-state index contributed by atoms with van der Waals surface area (Å²) in [5.41, 5.74) is 7.11. The minimum Gasteiger partial charge on any atom is -0.492 e. The lowest BCUT2D eigenvalue weighted by Crippen LogP contribution is -2.30. The van der Waals surface area contributed by atoms with Gasteiger partial charge < -0.3 is 14.6 Å². The van der Waals surface area contributed by atoms with Gasteiger partial charge in [0.25, 0.3) is 0 Å². The molecule has 7 rings (SSSR count). The highest BCUT2D eigenvalue weighted by Crippen LogP contribution is 2.47. The van der Waals surface area contributed by atoms with Gasteiger partial charge in [-0.05, 0) is 52.4 Å². The number of para-hydroxylation sites is 1. The first-order chi connectivity index (χ1) is 21.3. The van der Waals surface area contributed by atoms with Gasteiger partial charge in [-0.25, -0.2) is 0 Å². The summed E-state index contributed by atoms with van der Waals surface area (Å²) in [6.07, 6.45) is 3.46. The fourth-order valence-corrected chi connectivity index (χ4v) is 7.61. The Morgan fingerprint density at radius 2 is 1.28 bits per heavy atom. The highest BCUT2D eigenvalue weighted by Gasteiger charge is 2.40. The van der Waals surface area contributed by atoms with Crippen molar-refractivity contribution in [3.05, 3.63) is 174 Å². The Hall–Kier alpha value is -4.25. The molecule has 1 fully saturated rings. The Balaban J connectivity index is 1.25. The van der Waals surface area contributed by atoms with Crippen LogP contribution < -0.4 is 10.1 Å². The summed E-state index contributed by atoms with van der Waals surface area (Å²) < 4.78 is 8.66. The van der Waals surface area contributed by atoms with Gasteiger partial charge in [-0.2, -0.15) is 0 Å². The van der Waals surface area contributed by atoms with E-state index in [2.05, 4.69) is 156 Å². The minimum absolute atomic E-state index is 0.488. The maximum Gasteiger partial charge on any atom is 0.119 e. The van der Waals surface area contributed by atoms with Gasteiger partial charge in [0.2, 0.25) is 0 Å². The molecule has 3 nitrogen and oxygen atoms in total. The van der Waals surface area contributed by atoms with E-state index in [9.17, 15) is 0 Å². The van der Waals surface area contributed by atoms with Crippen LogP contribution >= 0.6 is 11.8 Å². The lowest BCUT2D eigenvalue weighted by atomic mass is 9.65. The van der Waals surface area contributed by atoms with Gasteiger partial charge in [0.15, 0.2) is 0 Å². The molecule has 1 N–H and O–H groups in total. The summed E-state index contributed by atoms with van der Waals surface area (Å²) >= 11 is 2.01. The smallest absolute Gasteiger partial charge is 0.119 e. The average Bonchev–Trinajstić information content (AvgIpc) is 3.72. The van der Waals surface area contributed by atoms with Gasteiger partial charge in [0, 0.05) is 34.8 Å².